The normalized spacial score (nSPS) is 12.2. The zero-order chi connectivity index (χ0) is 12.3. The molecule has 3 nitrogen and oxygen atoms in total. The van der Waals surface area contributed by atoms with E-state index in [1.165, 1.54) is 18.3 Å². The monoisotopic (exact) mass is 232 g/mol. The minimum Gasteiger partial charge on any atom is -0.497 e. The van der Waals surface area contributed by atoms with E-state index in [-0.39, 0.29) is 5.69 Å². The molecule has 17 heavy (non-hydrogen) atoms. The second-order valence-corrected chi connectivity index (χ2v) is 3.62. The van der Waals surface area contributed by atoms with Crippen molar-refractivity contribution in [1.82, 2.24) is 4.98 Å². The second kappa shape index (κ2) is 4.93. The van der Waals surface area contributed by atoms with Gasteiger partial charge in [0.2, 0.25) is 0 Å². The van der Waals surface area contributed by atoms with E-state index in [9.17, 15) is 4.39 Å². The maximum atomic E-state index is 13.5. The summed E-state index contributed by atoms with van der Waals surface area (Å²) in [7, 11) is 1.58. The lowest BCUT2D eigenvalue weighted by atomic mass is 10.0. The van der Waals surface area contributed by atoms with Crippen LogP contribution in [0.3, 0.4) is 0 Å². The van der Waals surface area contributed by atoms with Crippen LogP contribution in [0.15, 0.2) is 42.6 Å². The standard InChI is InChI=1S/C13H13FN2O/c1-17-10-5-2-4-9(8-10)12(15)13-11(14)6-3-7-16-13/h2-8,12H,15H2,1H3. The fourth-order valence-corrected chi connectivity index (χ4v) is 1.62. The van der Waals surface area contributed by atoms with Gasteiger partial charge in [0, 0.05) is 6.20 Å². The first kappa shape index (κ1) is 11.5. The Labute approximate surface area is 99.1 Å². The molecule has 1 heterocycles. The van der Waals surface area contributed by atoms with Crippen molar-refractivity contribution in [3.05, 3.63) is 59.7 Å². The van der Waals surface area contributed by atoms with Gasteiger partial charge in [0.15, 0.2) is 0 Å². The van der Waals surface area contributed by atoms with Gasteiger partial charge in [-0.25, -0.2) is 4.39 Å². The first-order valence-electron chi connectivity index (χ1n) is 5.22. The van der Waals surface area contributed by atoms with Gasteiger partial charge in [0.1, 0.15) is 11.6 Å². The molecule has 2 rings (SSSR count). The quantitative estimate of drug-likeness (QED) is 0.883. The van der Waals surface area contributed by atoms with E-state index in [0.29, 0.717) is 5.75 Å². The summed E-state index contributed by atoms with van der Waals surface area (Å²) in [6.07, 6.45) is 1.53. The molecule has 88 valence electrons. The fraction of sp³-hybridized carbons (Fsp3) is 0.154. The molecule has 0 saturated carbocycles. The number of methoxy groups -OCH3 is 1. The zero-order valence-electron chi connectivity index (χ0n) is 9.43. The lowest BCUT2D eigenvalue weighted by Crippen LogP contribution is -2.15. The number of hydrogen-bond donors (Lipinski definition) is 1. The third-order valence-electron chi connectivity index (χ3n) is 2.53. The van der Waals surface area contributed by atoms with Crippen molar-refractivity contribution in [1.29, 1.82) is 0 Å². The number of halogens is 1. The van der Waals surface area contributed by atoms with Crippen LogP contribution >= 0.6 is 0 Å². The number of rotatable bonds is 3. The van der Waals surface area contributed by atoms with Gasteiger partial charge in [-0.1, -0.05) is 12.1 Å². The van der Waals surface area contributed by atoms with E-state index >= 15 is 0 Å². The summed E-state index contributed by atoms with van der Waals surface area (Å²) >= 11 is 0. The molecule has 0 aliphatic heterocycles. The van der Waals surface area contributed by atoms with Gasteiger partial charge in [0.25, 0.3) is 0 Å². The smallest absolute Gasteiger partial charge is 0.146 e. The van der Waals surface area contributed by atoms with Crippen LogP contribution in [0.5, 0.6) is 5.75 Å². The van der Waals surface area contributed by atoms with Gasteiger partial charge >= 0.3 is 0 Å². The minimum absolute atomic E-state index is 0.237. The number of aromatic nitrogens is 1. The van der Waals surface area contributed by atoms with E-state index in [4.69, 9.17) is 10.5 Å². The van der Waals surface area contributed by atoms with E-state index in [1.54, 1.807) is 13.2 Å². The largest absolute Gasteiger partial charge is 0.497 e. The lowest BCUT2D eigenvalue weighted by Gasteiger charge is -2.13. The van der Waals surface area contributed by atoms with Crippen LogP contribution < -0.4 is 10.5 Å². The van der Waals surface area contributed by atoms with Gasteiger partial charge < -0.3 is 10.5 Å². The molecular formula is C13H13FN2O. The predicted octanol–water partition coefficient (Wildman–Crippen LogP) is 2.28. The van der Waals surface area contributed by atoms with Crippen molar-refractivity contribution in [3.8, 4) is 5.75 Å². The Morgan fingerprint density at radius 3 is 2.82 bits per heavy atom. The summed E-state index contributed by atoms with van der Waals surface area (Å²) in [5, 5.41) is 0. The maximum Gasteiger partial charge on any atom is 0.146 e. The molecule has 0 bridgehead atoms. The van der Waals surface area contributed by atoms with Crippen LogP contribution in [0, 0.1) is 5.82 Å². The molecule has 1 aromatic carbocycles. The van der Waals surface area contributed by atoms with Crippen molar-refractivity contribution in [2.45, 2.75) is 6.04 Å². The molecule has 2 N–H and O–H groups in total. The lowest BCUT2D eigenvalue weighted by molar-refractivity contribution is 0.414. The van der Waals surface area contributed by atoms with Crippen LogP contribution in [0.1, 0.15) is 17.3 Å². The average molecular weight is 232 g/mol. The van der Waals surface area contributed by atoms with E-state index in [2.05, 4.69) is 4.98 Å². The third kappa shape index (κ3) is 2.42. The molecule has 1 unspecified atom stereocenters. The fourth-order valence-electron chi connectivity index (χ4n) is 1.62. The first-order valence-corrected chi connectivity index (χ1v) is 5.22. The topological polar surface area (TPSA) is 48.1 Å². The van der Waals surface area contributed by atoms with Crippen LogP contribution in [0.4, 0.5) is 4.39 Å². The number of benzene rings is 1. The Morgan fingerprint density at radius 1 is 1.29 bits per heavy atom. The molecule has 0 radical (unpaired) electrons. The molecule has 0 spiro atoms. The molecule has 1 aromatic heterocycles. The maximum absolute atomic E-state index is 13.5. The van der Waals surface area contributed by atoms with Gasteiger partial charge in [-0.05, 0) is 29.8 Å². The summed E-state index contributed by atoms with van der Waals surface area (Å²) in [6, 6.07) is 9.52. The molecule has 0 aliphatic carbocycles. The predicted molar refractivity (Wildman–Crippen MR) is 63.2 cm³/mol. The summed E-state index contributed by atoms with van der Waals surface area (Å²) in [6.45, 7) is 0. The number of hydrogen-bond acceptors (Lipinski definition) is 3. The molecule has 0 aliphatic rings. The van der Waals surface area contributed by atoms with Gasteiger partial charge in [-0.15, -0.1) is 0 Å². The van der Waals surface area contributed by atoms with Crippen LogP contribution in [-0.4, -0.2) is 12.1 Å². The summed E-state index contributed by atoms with van der Waals surface area (Å²) in [5.41, 5.74) is 6.99. The molecular weight excluding hydrogens is 219 g/mol. The minimum atomic E-state index is -0.591. The van der Waals surface area contributed by atoms with Crippen molar-refractivity contribution in [2.24, 2.45) is 5.73 Å². The third-order valence-corrected chi connectivity index (χ3v) is 2.53. The Kier molecular flexibility index (Phi) is 3.35. The van der Waals surface area contributed by atoms with Crippen LogP contribution in [-0.2, 0) is 0 Å². The highest BCUT2D eigenvalue weighted by molar-refractivity contribution is 5.34. The SMILES string of the molecule is COc1cccc(C(N)c2ncccc2F)c1. The van der Waals surface area contributed by atoms with Crippen LogP contribution in [0.25, 0.3) is 0 Å². The van der Waals surface area contributed by atoms with Crippen molar-refractivity contribution in [2.75, 3.05) is 7.11 Å². The number of nitrogens with zero attached hydrogens (tertiary/aromatic N) is 1. The number of pyridine rings is 1. The molecule has 1 atom stereocenters. The highest BCUT2D eigenvalue weighted by Crippen LogP contribution is 2.23. The van der Waals surface area contributed by atoms with Crippen molar-refractivity contribution in [3.63, 3.8) is 0 Å². The Bertz CT molecular complexity index is 516. The Morgan fingerprint density at radius 2 is 2.12 bits per heavy atom. The Hall–Kier alpha value is -1.94. The summed E-state index contributed by atoms with van der Waals surface area (Å²) in [5.74, 6) is 0.289. The van der Waals surface area contributed by atoms with Gasteiger partial charge in [-0.2, -0.15) is 0 Å². The van der Waals surface area contributed by atoms with E-state index < -0.39 is 11.9 Å². The number of ether oxygens (including phenoxy) is 1. The molecule has 2 aromatic rings. The van der Waals surface area contributed by atoms with Crippen molar-refractivity contribution < 1.29 is 9.13 Å². The molecule has 4 heteroatoms. The van der Waals surface area contributed by atoms with E-state index in [0.717, 1.165) is 5.56 Å². The summed E-state index contributed by atoms with van der Waals surface area (Å²) < 4.78 is 18.6. The highest BCUT2D eigenvalue weighted by atomic mass is 19.1. The molecule has 0 fully saturated rings. The van der Waals surface area contributed by atoms with Crippen LogP contribution in [0.2, 0.25) is 0 Å². The number of nitrogens with two attached hydrogens (primary N) is 1. The van der Waals surface area contributed by atoms with Crippen molar-refractivity contribution >= 4 is 0 Å². The van der Waals surface area contributed by atoms with E-state index in [1.807, 2.05) is 18.2 Å². The van der Waals surface area contributed by atoms with Gasteiger partial charge in [-0.3, -0.25) is 4.98 Å². The first-order chi connectivity index (χ1) is 8.22. The molecule has 0 amide bonds. The Balaban J connectivity index is 2.37. The molecule has 0 saturated heterocycles. The average Bonchev–Trinajstić information content (AvgIpc) is 2.38. The summed E-state index contributed by atoms with van der Waals surface area (Å²) in [4.78, 5) is 3.97. The zero-order valence-corrected chi connectivity index (χ0v) is 9.43. The second-order valence-electron chi connectivity index (χ2n) is 3.62. The van der Waals surface area contributed by atoms with Gasteiger partial charge in [0.05, 0.1) is 18.8 Å². The highest BCUT2D eigenvalue weighted by Gasteiger charge is 2.14.